The summed E-state index contributed by atoms with van der Waals surface area (Å²) in [4.78, 5) is 34.7. The average molecular weight is 508 g/mol. The van der Waals surface area contributed by atoms with Gasteiger partial charge in [0, 0.05) is 19.6 Å². The van der Waals surface area contributed by atoms with Crippen molar-refractivity contribution >= 4 is 16.8 Å². The first-order chi connectivity index (χ1) is 18.0. The molecule has 1 amide bonds. The second-order valence-corrected chi connectivity index (χ2v) is 9.25. The van der Waals surface area contributed by atoms with Gasteiger partial charge < -0.3 is 14.4 Å². The Labute approximate surface area is 220 Å². The van der Waals surface area contributed by atoms with Gasteiger partial charge in [0.2, 0.25) is 5.91 Å². The third-order valence-electron chi connectivity index (χ3n) is 6.84. The van der Waals surface area contributed by atoms with E-state index >= 15 is 0 Å². The highest BCUT2D eigenvalue weighted by Gasteiger charge is 2.32. The molecule has 1 heterocycles. The zero-order chi connectivity index (χ0) is 26.8. The fourth-order valence-corrected chi connectivity index (χ4v) is 4.82. The highest BCUT2D eigenvalue weighted by atomic mass is 16.5. The Bertz CT molecular complexity index is 1210. The van der Waals surface area contributed by atoms with Crippen LogP contribution in [0.1, 0.15) is 71.7 Å². The average Bonchev–Trinajstić information content (AvgIpc) is 2.92. The van der Waals surface area contributed by atoms with E-state index in [1.54, 1.807) is 17.7 Å². The predicted octanol–water partition coefficient (Wildman–Crippen LogP) is 5.93. The maximum Gasteiger partial charge on any atom is 0.266 e. The first kappa shape index (κ1) is 28.4. The molecule has 0 bridgehead atoms. The van der Waals surface area contributed by atoms with Gasteiger partial charge in [-0.1, -0.05) is 45.7 Å². The Morgan fingerprint density at radius 1 is 1.03 bits per heavy atom. The maximum atomic E-state index is 13.9. The monoisotopic (exact) mass is 507 g/mol. The summed E-state index contributed by atoms with van der Waals surface area (Å²) >= 11 is 0. The number of unbranched alkanes of at least 4 members (excludes halogenated alkanes) is 1. The van der Waals surface area contributed by atoms with Crippen LogP contribution in [-0.2, 0) is 9.53 Å². The van der Waals surface area contributed by atoms with E-state index in [1.807, 2.05) is 61.2 Å². The number of amides is 1. The zero-order valence-corrected chi connectivity index (χ0v) is 22.9. The van der Waals surface area contributed by atoms with Crippen molar-refractivity contribution in [1.82, 2.24) is 14.5 Å². The molecule has 37 heavy (non-hydrogen) atoms. The Kier molecular flexibility index (Phi) is 10.7. The zero-order valence-electron chi connectivity index (χ0n) is 22.9. The van der Waals surface area contributed by atoms with Crippen LogP contribution < -0.4 is 10.3 Å². The van der Waals surface area contributed by atoms with E-state index in [0.717, 1.165) is 31.4 Å². The lowest BCUT2D eigenvalue weighted by Gasteiger charge is -2.34. The van der Waals surface area contributed by atoms with Crippen LogP contribution in [0.5, 0.6) is 5.75 Å². The Balaban J connectivity index is 2.20. The van der Waals surface area contributed by atoms with Crippen LogP contribution in [0.25, 0.3) is 16.6 Å². The number of methoxy groups -OCH3 is 1. The highest BCUT2D eigenvalue weighted by Crippen LogP contribution is 2.29. The quantitative estimate of drug-likeness (QED) is 0.270. The summed E-state index contributed by atoms with van der Waals surface area (Å²) in [5.74, 6) is 1.32. The van der Waals surface area contributed by atoms with Crippen molar-refractivity contribution in [3.05, 3.63) is 64.7 Å². The summed E-state index contributed by atoms with van der Waals surface area (Å²) in [7, 11) is 1.64. The van der Waals surface area contributed by atoms with Gasteiger partial charge >= 0.3 is 0 Å². The van der Waals surface area contributed by atoms with E-state index in [0.29, 0.717) is 48.6 Å². The molecule has 0 aliphatic carbocycles. The minimum Gasteiger partial charge on any atom is -0.494 e. The number of rotatable bonds is 14. The Morgan fingerprint density at radius 2 is 1.76 bits per heavy atom. The molecule has 1 aromatic heterocycles. The van der Waals surface area contributed by atoms with Crippen LogP contribution >= 0.6 is 0 Å². The summed E-state index contributed by atoms with van der Waals surface area (Å²) in [5.41, 5.74) is 1.16. The second-order valence-electron chi connectivity index (χ2n) is 9.25. The van der Waals surface area contributed by atoms with Gasteiger partial charge in [-0.15, -0.1) is 0 Å². The van der Waals surface area contributed by atoms with E-state index in [-0.39, 0.29) is 23.4 Å². The number of para-hydroxylation sites is 1. The Hall–Kier alpha value is -3.19. The molecule has 7 heteroatoms. The molecule has 2 atom stereocenters. The van der Waals surface area contributed by atoms with Gasteiger partial charge in [-0.3, -0.25) is 14.2 Å². The number of hydrogen-bond donors (Lipinski definition) is 0. The molecule has 3 aromatic rings. The molecule has 200 valence electrons. The predicted molar refractivity (Wildman–Crippen MR) is 148 cm³/mol. The van der Waals surface area contributed by atoms with E-state index in [9.17, 15) is 9.59 Å². The smallest absolute Gasteiger partial charge is 0.266 e. The van der Waals surface area contributed by atoms with Gasteiger partial charge in [-0.25, -0.2) is 4.98 Å². The number of aromatic nitrogens is 2. The fourth-order valence-electron chi connectivity index (χ4n) is 4.82. The summed E-state index contributed by atoms with van der Waals surface area (Å²) in [6.45, 7) is 9.59. The number of fused-ring (bicyclic) bond motifs is 1. The van der Waals surface area contributed by atoms with Crippen molar-refractivity contribution in [2.24, 2.45) is 5.92 Å². The van der Waals surface area contributed by atoms with Crippen molar-refractivity contribution in [2.75, 3.05) is 26.9 Å². The maximum absolute atomic E-state index is 13.9. The standard InChI is InChI=1S/C30H41N3O4/c1-6-10-13-22(7-2)29(34)32(20-21-36-5)27(8-3)28-31-26-15-12-11-14-25(26)30(35)33(28)23-16-18-24(19-17-23)37-9-4/h11-12,14-19,22,27H,6-10,13,20-21H2,1-5H3. The lowest BCUT2D eigenvalue weighted by Crippen LogP contribution is -2.43. The van der Waals surface area contributed by atoms with Crippen molar-refractivity contribution < 1.29 is 14.3 Å². The molecule has 0 aliphatic rings. The molecule has 0 fully saturated rings. The topological polar surface area (TPSA) is 73.7 Å². The van der Waals surface area contributed by atoms with E-state index < -0.39 is 0 Å². The molecule has 0 saturated carbocycles. The number of ether oxygens (including phenoxy) is 2. The van der Waals surface area contributed by atoms with E-state index in [1.165, 1.54) is 0 Å². The second kappa shape index (κ2) is 13.9. The Morgan fingerprint density at radius 3 is 2.38 bits per heavy atom. The van der Waals surface area contributed by atoms with Gasteiger partial charge in [-0.2, -0.15) is 0 Å². The lowest BCUT2D eigenvalue weighted by molar-refractivity contribution is -0.139. The normalized spacial score (nSPS) is 12.9. The summed E-state index contributed by atoms with van der Waals surface area (Å²) in [6, 6.07) is 14.5. The largest absolute Gasteiger partial charge is 0.494 e. The third-order valence-corrected chi connectivity index (χ3v) is 6.84. The summed E-state index contributed by atoms with van der Waals surface area (Å²) in [6.07, 6.45) is 4.28. The molecule has 0 saturated heterocycles. The number of carbonyl (C=O) groups excluding carboxylic acids is 1. The molecule has 0 spiro atoms. The fraction of sp³-hybridized carbons (Fsp3) is 0.500. The van der Waals surface area contributed by atoms with Crippen LogP contribution in [0.3, 0.4) is 0 Å². The van der Waals surface area contributed by atoms with Gasteiger partial charge in [0.1, 0.15) is 11.6 Å². The number of carbonyl (C=O) groups is 1. The SMILES string of the molecule is CCCCC(CC)C(=O)N(CCOC)C(CC)c1nc2ccccc2c(=O)n1-c1ccc(OCC)cc1. The van der Waals surface area contributed by atoms with Gasteiger partial charge in [-0.05, 0) is 62.6 Å². The molecule has 0 N–H and O–H groups in total. The number of benzene rings is 2. The van der Waals surface area contributed by atoms with E-state index in [4.69, 9.17) is 14.5 Å². The van der Waals surface area contributed by atoms with Gasteiger partial charge in [0.15, 0.2) is 0 Å². The molecule has 2 unspecified atom stereocenters. The van der Waals surface area contributed by atoms with Crippen LogP contribution in [-0.4, -0.2) is 47.2 Å². The van der Waals surface area contributed by atoms with Crippen molar-refractivity contribution in [3.63, 3.8) is 0 Å². The number of hydrogen-bond acceptors (Lipinski definition) is 5. The highest BCUT2D eigenvalue weighted by molar-refractivity contribution is 5.80. The summed E-state index contributed by atoms with van der Waals surface area (Å²) in [5, 5.41) is 0.541. The molecular weight excluding hydrogens is 466 g/mol. The van der Waals surface area contributed by atoms with Crippen LogP contribution in [0.15, 0.2) is 53.3 Å². The van der Waals surface area contributed by atoms with Crippen LogP contribution in [0.2, 0.25) is 0 Å². The third kappa shape index (κ3) is 6.58. The molecule has 0 radical (unpaired) electrons. The van der Waals surface area contributed by atoms with E-state index in [2.05, 4.69) is 13.8 Å². The minimum atomic E-state index is -0.387. The van der Waals surface area contributed by atoms with Crippen molar-refractivity contribution in [3.8, 4) is 11.4 Å². The van der Waals surface area contributed by atoms with Gasteiger partial charge in [0.05, 0.1) is 35.8 Å². The molecule has 3 rings (SSSR count). The first-order valence-corrected chi connectivity index (χ1v) is 13.5. The van der Waals surface area contributed by atoms with Crippen LogP contribution in [0, 0.1) is 5.92 Å². The molecule has 2 aromatic carbocycles. The summed E-state index contributed by atoms with van der Waals surface area (Å²) < 4.78 is 12.7. The molecule has 0 aliphatic heterocycles. The van der Waals surface area contributed by atoms with Gasteiger partial charge in [0.25, 0.3) is 5.56 Å². The lowest BCUT2D eigenvalue weighted by atomic mass is 9.96. The van der Waals surface area contributed by atoms with Crippen LogP contribution in [0.4, 0.5) is 0 Å². The molecular formula is C30H41N3O4. The van der Waals surface area contributed by atoms with Crippen molar-refractivity contribution in [1.29, 1.82) is 0 Å². The first-order valence-electron chi connectivity index (χ1n) is 13.5. The number of nitrogens with zero attached hydrogens (tertiary/aromatic N) is 3. The van der Waals surface area contributed by atoms with Crippen molar-refractivity contribution in [2.45, 2.75) is 65.8 Å². The molecule has 7 nitrogen and oxygen atoms in total. The minimum absolute atomic E-state index is 0.0723.